The largest absolute Gasteiger partial charge is 0.457 e. The van der Waals surface area contributed by atoms with Gasteiger partial charge in [0, 0.05) is 50.7 Å². The molecule has 0 unspecified atom stereocenters. The molecule has 0 aliphatic carbocycles. The number of rotatable bonds is 6. The minimum absolute atomic E-state index is 0.0105. The van der Waals surface area contributed by atoms with Crippen LogP contribution in [-0.2, 0) is 0 Å². The Hall–Kier alpha value is -4.77. The van der Waals surface area contributed by atoms with Crippen LogP contribution in [0, 0.1) is 18.6 Å². The summed E-state index contributed by atoms with van der Waals surface area (Å²) in [7, 11) is 0. The first-order valence-electron chi connectivity index (χ1n) is 12.3. The van der Waals surface area contributed by atoms with Crippen LogP contribution in [0.15, 0.2) is 67.0 Å². The summed E-state index contributed by atoms with van der Waals surface area (Å²) < 4.78 is 34.4. The third-order valence-corrected chi connectivity index (χ3v) is 6.14. The van der Waals surface area contributed by atoms with E-state index in [9.17, 15) is 18.4 Å². The highest BCUT2D eigenvalue weighted by atomic mass is 19.1. The number of aryl methyl sites for hydroxylation is 1. The van der Waals surface area contributed by atoms with Crippen LogP contribution < -0.4 is 20.7 Å². The summed E-state index contributed by atoms with van der Waals surface area (Å²) in [5, 5.41) is 7.96. The number of hydrogen-bond donors (Lipinski definition) is 4. The van der Waals surface area contributed by atoms with E-state index >= 15 is 0 Å². The first kappa shape index (κ1) is 25.9. The summed E-state index contributed by atoms with van der Waals surface area (Å²) in [6.45, 7) is 4.60. The van der Waals surface area contributed by atoms with Crippen molar-refractivity contribution in [2.24, 2.45) is 0 Å². The van der Waals surface area contributed by atoms with Crippen molar-refractivity contribution < 1.29 is 23.1 Å². The molecule has 2 aromatic carbocycles. The molecule has 9 nitrogen and oxygen atoms in total. The van der Waals surface area contributed by atoms with Gasteiger partial charge in [-0.15, -0.1) is 0 Å². The molecule has 39 heavy (non-hydrogen) atoms. The standard InChI is InChI=1S/C28H26F2N6O3/c1-17-2-4-21(29)24(12-17)35-28(38)34-23-5-3-19(14-22(23)30)39-20-6-7-32-26(15-20)25-13-18(16-33-25)27(37)36-10-8-31-9-11-36/h2-7,12-16,31,33H,8-11H2,1H3,(H2,34,35,38). The van der Waals surface area contributed by atoms with Crippen LogP contribution in [0.4, 0.5) is 25.0 Å². The number of carbonyl (C=O) groups excluding carboxylic acids is 2. The van der Waals surface area contributed by atoms with Crippen LogP contribution in [0.2, 0.25) is 0 Å². The van der Waals surface area contributed by atoms with Crippen LogP contribution in [0.1, 0.15) is 15.9 Å². The van der Waals surface area contributed by atoms with Crippen molar-refractivity contribution in [3.63, 3.8) is 0 Å². The number of anilines is 2. The lowest BCUT2D eigenvalue weighted by molar-refractivity contribution is 0.0736. The van der Waals surface area contributed by atoms with Gasteiger partial charge < -0.3 is 30.6 Å². The fraction of sp³-hybridized carbons (Fsp3) is 0.179. The normalized spacial score (nSPS) is 13.2. The number of urea groups is 1. The van der Waals surface area contributed by atoms with Crippen molar-refractivity contribution in [1.29, 1.82) is 0 Å². The van der Waals surface area contributed by atoms with Crippen LogP contribution in [0.25, 0.3) is 11.4 Å². The summed E-state index contributed by atoms with van der Waals surface area (Å²) in [5.74, 6) is -0.785. The number of pyridine rings is 1. The minimum Gasteiger partial charge on any atom is -0.457 e. The Balaban J connectivity index is 1.24. The number of aromatic amines is 1. The molecule has 3 heterocycles. The maximum absolute atomic E-state index is 14.7. The number of aromatic nitrogens is 2. The predicted octanol–water partition coefficient (Wildman–Crippen LogP) is 5.15. The van der Waals surface area contributed by atoms with E-state index in [4.69, 9.17) is 4.74 Å². The van der Waals surface area contributed by atoms with Gasteiger partial charge in [-0.3, -0.25) is 9.78 Å². The first-order valence-corrected chi connectivity index (χ1v) is 12.3. The number of nitrogens with one attached hydrogen (secondary N) is 4. The third-order valence-electron chi connectivity index (χ3n) is 6.14. The highest BCUT2D eigenvalue weighted by molar-refractivity contribution is 6.00. The molecule has 2 aromatic heterocycles. The molecule has 0 atom stereocenters. The SMILES string of the molecule is Cc1ccc(F)c(NC(=O)Nc2ccc(Oc3ccnc(-c4cc(C(=O)N5CCNCC5)c[nH]4)c3)cc2F)c1. The summed E-state index contributed by atoms with van der Waals surface area (Å²) in [5.41, 5.74) is 2.38. The van der Waals surface area contributed by atoms with E-state index in [1.807, 2.05) is 0 Å². The van der Waals surface area contributed by atoms with Crippen molar-refractivity contribution in [3.05, 3.63) is 89.8 Å². The zero-order valence-corrected chi connectivity index (χ0v) is 21.1. The average molecular weight is 533 g/mol. The summed E-state index contributed by atoms with van der Waals surface area (Å²) in [6.07, 6.45) is 3.20. The van der Waals surface area contributed by atoms with Gasteiger partial charge in [-0.1, -0.05) is 6.07 Å². The Kier molecular flexibility index (Phi) is 7.50. The molecule has 4 aromatic rings. The molecular weight excluding hydrogens is 506 g/mol. The zero-order chi connectivity index (χ0) is 27.4. The van der Waals surface area contributed by atoms with E-state index in [0.29, 0.717) is 35.8 Å². The lowest BCUT2D eigenvalue weighted by Crippen LogP contribution is -2.46. The van der Waals surface area contributed by atoms with E-state index in [0.717, 1.165) is 24.7 Å². The molecule has 200 valence electrons. The maximum Gasteiger partial charge on any atom is 0.323 e. The van der Waals surface area contributed by atoms with Gasteiger partial charge in [0.25, 0.3) is 5.91 Å². The molecule has 3 amide bonds. The molecule has 4 N–H and O–H groups in total. The summed E-state index contributed by atoms with van der Waals surface area (Å²) in [6, 6.07) is 12.5. The first-order chi connectivity index (χ1) is 18.9. The Morgan fingerprint density at radius 3 is 2.49 bits per heavy atom. The Morgan fingerprint density at radius 1 is 0.923 bits per heavy atom. The van der Waals surface area contributed by atoms with Gasteiger partial charge in [0.15, 0.2) is 0 Å². The second-order valence-electron chi connectivity index (χ2n) is 9.03. The van der Waals surface area contributed by atoms with Gasteiger partial charge in [0.1, 0.15) is 23.1 Å². The molecule has 0 saturated carbocycles. The van der Waals surface area contributed by atoms with Gasteiger partial charge in [0.05, 0.1) is 28.3 Å². The molecule has 0 bridgehead atoms. The number of carbonyl (C=O) groups is 2. The van der Waals surface area contributed by atoms with E-state index in [1.54, 1.807) is 48.5 Å². The molecule has 1 fully saturated rings. The fourth-order valence-electron chi connectivity index (χ4n) is 4.15. The number of piperazine rings is 1. The highest BCUT2D eigenvalue weighted by Crippen LogP contribution is 2.28. The number of benzene rings is 2. The van der Waals surface area contributed by atoms with Gasteiger partial charge in [-0.25, -0.2) is 13.6 Å². The van der Waals surface area contributed by atoms with Crippen molar-refractivity contribution in [1.82, 2.24) is 20.2 Å². The van der Waals surface area contributed by atoms with E-state index in [-0.39, 0.29) is 23.0 Å². The van der Waals surface area contributed by atoms with Crippen molar-refractivity contribution in [2.45, 2.75) is 6.92 Å². The maximum atomic E-state index is 14.7. The Morgan fingerprint density at radius 2 is 1.69 bits per heavy atom. The molecule has 1 aliphatic heterocycles. The number of H-pyrrole nitrogens is 1. The lowest BCUT2D eigenvalue weighted by atomic mass is 10.2. The Bertz CT molecular complexity index is 1520. The van der Waals surface area contributed by atoms with E-state index < -0.39 is 17.7 Å². The quantitative estimate of drug-likeness (QED) is 0.275. The predicted molar refractivity (Wildman–Crippen MR) is 143 cm³/mol. The fourth-order valence-corrected chi connectivity index (χ4v) is 4.15. The van der Waals surface area contributed by atoms with Crippen molar-refractivity contribution >= 4 is 23.3 Å². The lowest BCUT2D eigenvalue weighted by Gasteiger charge is -2.27. The van der Waals surface area contributed by atoms with E-state index in [2.05, 4.69) is 25.9 Å². The van der Waals surface area contributed by atoms with Crippen LogP contribution in [0.3, 0.4) is 0 Å². The minimum atomic E-state index is -0.786. The molecule has 5 rings (SSSR count). The van der Waals surface area contributed by atoms with Gasteiger partial charge in [0.2, 0.25) is 0 Å². The molecule has 1 saturated heterocycles. The van der Waals surface area contributed by atoms with Crippen LogP contribution in [0.5, 0.6) is 11.5 Å². The molecular formula is C28H26F2N6O3. The third kappa shape index (κ3) is 6.21. The van der Waals surface area contributed by atoms with Crippen molar-refractivity contribution in [2.75, 3.05) is 36.8 Å². The number of amides is 3. The molecule has 11 heteroatoms. The molecule has 0 radical (unpaired) electrons. The van der Waals surface area contributed by atoms with Crippen molar-refractivity contribution in [3.8, 4) is 22.9 Å². The number of ether oxygens (including phenoxy) is 1. The summed E-state index contributed by atoms with van der Waals surface area (Å²) in [4.78, 5) is 34.2. The topological polar surface area (TPSA) is 111 Å². The van der Waals surface area contributed by atoms with Gasteiger partial charge >= 0.3 is 6.03 Å². The highest BCUT2D eigenvalue weighted by Gasteiger charge is 2.19. The monoisotopic (exact) mass is 532 g/mol. The van der Waals surface area contributed by atoms with Crippen LogP contribution in [-0.4, -0.2) is 53.0 Å². The zero-order valence-electron chi connectivity index (χ0n) is 21.1. The second kappa shape index (κ2) is 11.3. The Labute approximate surface area is 223 Å². The number of hydrogen-bond acceptors (Lipinski definition) is 5. The van der Waals surface area contributed by atoms with E-state index in [1.165, 1.54) is 24.3 Å². The smallest absolute Gasteiger partial charge is 0.323 e. The average Bonchev–Trinajstić information content (AvgIpc) is 3.43. The molecule has 1 aliphatic rings. The summed E-state index contributed by atoms with van der Waals surface area (Å²) >= 11 is 0. The van der Waals surface area contributed by atoms with Gasteiger partial charge in [-0.05, 0) is 48.9 Å². The van der Waals surface area contributed by atoms with Crippen LogP contribution >= 0.6 is 0 Å². The van der Waals surface area contributed by atoms with Gasteiger partial charge in [-0.2, -0.15) is 0 Å². The molecule has 0 spiro atoms. The second-order valence-corrected chi connectivity index (χ2v) is 9.03. The number of halogens is 2. The number of nitrogens with zero attached hydrogens (tertiary/aromatic N) is 2.